The zero-order chi connectivity index (χ0) is 23.9. The molecule has 5 heterocycles. The van der Waals surface area contributed by atoms with E-state index in [1.807, 2.05) is 40.9 Å². The normalized spacial score (nSPS) is 18.2. The number of fused-ring (bicyclic) bond motifs is 1. The van der Waals surface area contributed by atoms with Gasteiger partial charge in [-0.3, -0.25) is 4.79 Å². The number of carbonyl (C=O) groups excluding carboxylic acids is 1. The van der Waals surface area contributed by atoms with Crippen molar-refractivity contribution < 1.29 is 9.18 Å². The summed E-state index contributed by atoms with van der Waals surface area (Å²) in [6.07, 6.45) is 3.78. The first-order chi connectivity index (χ1) is 17.0. The van der Waals surface area contributed by atoms with Gasteiger partial charge in [0.25, 0.3) is 0 Å². The lowest BCUT2D eigenvalue weighted by Crippen LogP contribution is -2.59. The molecule has 4 aromatic rings. The topological polar surface area (TPSA) is 78.7 Å². The molecule has 8 nitrogen and oxygen atoms in total. The molecular weight excluding hydrogens is 445 g/mol. The zero-order valence-corrected chi connectivity index (χ0v) is 19.4. The van der Waals surface area contributed by atoms with Gasteiger partial charge in [0.15, 0.2) is 5.65 Å². The Balaban J connectivity index is 1.29. The van der Waals surface area contributed by atoms with Crippen molar-refractivity contribution in [2.45, 2.75) is 31.8 Å². The minimum absolute atomic E-state index is 0.0124. The number of nitrogens with one attached hydrogen (secondary N) is 1. The minimum atomic E-state index is -0.216. The number of hydrogen-bond acceptors (Lipinski definition) is 6. The van der Waals surface area contributed by atoms with Crippen molar-refractivity contribution in [2.75, 3.05) is 29.4 Å². The summed E-state index contributed by atoms with van der Waals surface area (Å²) in [6.45, 7) is 3.88. The molecular formula is C26H26FN7O. The molecule has 2 fully saturated rings. The Morgan fingerprint density at radius 1 is 1.09 bits per heavy atom. The number of imidazole rings is 1. The number of rotatable bonds is 5. The SMILES string of the molecule is CC(=O)NC1CN(c2cccc(-c3cnc4ccc(N5CCC[C@@H]5c5cccc(F)c5)nn34)n2)C1. The van der Waals surface area contributed by atoms with Gasteiger partial charge in [-0.25, -0.2) is 18.9 Å². The van der Waals surface area contributed by atoms with Crippen LogP contribution in [0, 0.1) is 5.82 Å². The van der Waals surface area contributed by atoms with Gasteiger partial charge in [-0.05, 0) is 54.8 Å². The molecule has 35 heavy (non-hydrogen) atoms. The molecule has 1 N–H and O–H groups in total. The molecule has 6 rings (SSSR count). The number of benzene rings is 1. The number of halogens is 1. The Morgan fingerprint density at radius 3 is 2.77 bits per heavy atom. The Bertz CT molecular complexity index is 1400. The molecule has 0 spiro atoms. The summed E-state index contributed by atoms with van der Waals surface area (Å²) in [7, 11) is 0. The highest BCUT2D eigenvalue weighted by atomic mass is 19.1. The predicted molar refractivity (Wildman–Crippen MR) is 132 cm³/mol. The number of aromatic nitrogens is 4. The fraction of sp³-hybridized carbons (Fsp3) is 0.308. The van der Waals surface area contributed by atoms with Gasteiger partial charge >= 0.3 is 0 Å². The summed E-state index contributed by atoms with van der Waals surface area (Å²) in [4.78, 5) is 25.1. The van der Waals surface area contributed by atoms with Crippen LogP contribution < -0.4 is 15.1 Å². The standard InChI is InChI=1S/C26H26FN7O/c1-17(35)29-20-15-32(16-20)25-9-3-7-21(30-25)23-14-28-24-10-11-26(31-34(23)24)33-12-4-8-22(33)18-5-2-6-19(27)13-18/h2-3,5-7,9-11,13-14,20,22H,4,8,12,15-16H2,1H3,(H,29,35)/t22-/m1/s1. The van der Waals surface area contributed by atoms with Crippen molar-refractivity contribution in [2.24, 2.45) is 0 Å². The first-order valence-corrected chi connectivity index (χ1v) is 11.9. The molecule has 1 aromatic carbocycles. The lowest BCUT2D eigenvalue weighted by atomic mass is 10.0. The molecule has 1 amide bonds. The molecule has 0 bridgehead atoms. The molecule has 0 aliphatic carbocycles. The van der Waals surface area contributed by atoms with Crippen LogP contribution in [0.3, 0.4) is 0 Å². The monoisotopic (exact) mass is 471 g/mol. The summed E-state index contributed by atoms with van der Waals surface area (Å²) >= 11 is 0. The van der Waals surface area contributed by atoms with Crippen molar-refractivity contribution in [3.05, 3.63) is 72.2 Å². The fourth-order valence-electron chi connectivity index (χ4n) is 5.08. The van der Waals surface area contributed by atoms with E-state index in [9.17, 15) is 9.18 Å². The zero-order valence-electron chi connectivity index (χ0n) is 19.4. The molecule has 1 atom stereocenters. The molecule has 2 aliphatic rings. The van der Waals surface area contributed by atoms with Gasteiger partial charge in [0, 0.05) is 26.6 Å². The first kappa shape index (κ1) is 21.5. The molecule has 0 radical (unpaired) electrons. The van der Waals surface area contributed by atoms with E-state index in [0.717, 1.165) is 66.7 Å². The van der Waals surface area contributed by atoms with Gasteiger partial charge in [0.1, 0.15) is 23.1 Å². The summed E-state index contributed by atoms with van der Waals surface area (Å²) < 4.78 is 15.7. The molecule has 0 unspecified atom stereocenters. The van der Waals surface area contributed by atoms with E-state index in [4.69, 9.17) is 10.1 Å². The van der Waals surface area contributed by atoms with Crippen molar-refractivity contribution in [1.29, 1.82) is 0 Å². The summed E-state index contributed by atoms with van der Waals surface area (Å²) in [5.41, 5.74) is 3.30. The van der Waals surface area contributed by atoms with Crippen LogP contribution in [0.25, 0.3) is 17.0 Å². The maximum absolute atomic E-state index is 13.9. The number of amides is 1. The fourth-order valence-corrected chi connectivity index (χ4v) is 5.08. The van der Waals surface area contributed by atoms with Gasteiger partial charge in [-0.2, -0.15) is 0 Å². The lowest BCUT2D eigenvalue weighted by Gasteiger charge is -2.40. The molecule has 0 saturated carbocycles. The quantitative estimate of drug-likeness (QED) is 0.479. The highest BCUT2D eigenvalue weighted by molar-refractivity contribution is 5.73. The molecule has 3 aromatic heterocycles. The molecule has 2 saturated heterocycles. The van der Waals surface area contributed by atoms with Crippen LogP contribution in [0.2, 0.25) is 0 Å². The Hall–Kier alpha value is -4.01. The average Bonchev–Trinajstić information content (AvgIpc) is 3.48. The highest BCUT2D eigenvalue weighted by Crippen LogP contribution is 2.35. The van der Waals surface area contributed by atoms with Gasteiger partial charge in [0.05, 0.1) is 24.0 Å². The lowest BCUT2D eigenvalue weighted by molar-refractivity contribution is -0.119. The van der Waals surface area contributed by atoms with Gasteiger partial charge in [0.2, 0.25) is 5.91 Å². The van der Waals surface area contributed by atoms with Crippen LogP contribution in [0.1, 0.15) is 31.4 Å². The number of nitrogens with zero attached hydrogens (tertiary/aromatic N) is 6. The number of pyridine rings is 1. The number of anilines is 2. The largest absolute Gasteiger partial charge is 0.352 e. The van der Waals surface area contributed by atoms with Crippen LogP contribution in [-0.4, -0.2) is 51.2 Å². The van der Waals surface area contributed by atoms with Crippen molar-refractivity contribution >= 4 is 23.2 Å². The van der Waals surface area contributed by atoms with E-state index >= 15 is 0 Å². The third-order valence-corrected chi connectivity index (χ3v) is 6.74. The highest BCUT2D eigenvalue weighted by Gasteiger charge is 2.29. The number of hydrogen-bond donors (Lipinski definition) is 1. The van der Waals surface area contributed by atoms with E-state index in [1.54, 1.807) is 18.3 Å². The van der Waals surface area contributed by atoms with E-state index in [-0.39, 0.29) is 23.8 Å². The van der Waals surface area contributed by atoms with Crippen LogP contribution in [0.15, 0.2) is 60.8 Å². The second-order valence-electron chi connectivity index (χ2n) is 9.19. The van der Waals surface area contributed by atoms with Crippen LogP contribution in [-0.2, 0) is 4.79 Å². The number of carbonyl (C=O) groups is 1. The Labute approximate surface area is 202 Å². The molecule has 9 heteroatoms. The van der Waals surface area contributed by atoms with Gasteiger partial charge in [-0.1, -0.05) is 18.2 Å². The first-order valence-electron chi connectivity index (χ1n) is 11.9. The van der Waals surface area contributed by atoms with Crippen LogP contribution in [0.4, 0.5) is 16.0 Å². The Morgan fingerprint density at radius 2 is 1.94 bits per heavy atom. The summed E-state index contributed by atoms with van der Waals surface area (Å²) in [5.74, 6) is 1.47. The third kappa shape index (κ3) is 4.07. The van der Waals surface area contributed by atoms with Crippen molar-refractivity contribution in [3.63, 3.8) is 0 Å². The van der Waals surface area contributed by atoms with Gasteiger partial charge < -0.3 is 15.1 Å². The van der Waals surface area contributed by atoms with Crippen LogP contribution in [0.5, 0.6) is 0 Å². The van der Waals surface area contributed by atoms with E-state index < -0.39 is 0 Å². The second kappa shape index (κ2) is 8.65. The summed E-state index contributed by atoms with van der Waals surface area (Å²) in [6, 6.07) is 16.9. The van der Waals surface area contributed by atoms with Crippen molar-refractivity contribution in [3.8, 4) is 11.4 Å². The van der Waals surface area contributed by atoms with Crippen LogP contribution >= 0.6 is 0 Å². The average molecular weight is 472 g/mol. The predicted octanol–water partition coefficient (Wildman–Crippen LogP) is 3.60. The third-order valence-electron chi connectivity index (χ3n) is 6.74. The minimum Gasteiger partial charge on any atom is -0.352 e. The van der Waals surface area contributed by atoms with Crippen molar-refractivity contribution in [1.82, 2.24) is 24.9 Å². The summed E-state index contributed by atoms with van der Waals surface area (Å²) in [5, 5.41) is 7.87. The van der Waals surface area contributed by atoms with E-state index in [0.29, 0.717) is 0 Å². The maximum Gasteiger partial charge on any atom is 0.217 e. The smallest absolute Gasteiger partial charge is 0.217 e. The van der Waals surface area contributed by atoms with E-state index in [1.165, 1.54) is 13.0 Å². The van der Waals surface area contributed by atoms with Gasteiger partial charge in [-0.15, -0.1) is 5.10 Å². The van der Waals surface area contributed by atoms with E-state index in [2.05, 4.69) is 20.1 Å². The maximum atomic E-state index is 13.9. The molecule has 178 valence electrons. The Kier molecular flexibility index (Phi) is 5.32. The second-order valence-corrected chi connectivity index (χ2v) is 9.19. The molecule has 2 aliphatic heterocycles.